The van der Waals surface area contributed by atoms with Crippen molar-refractivity contribution in [3.63, 3.8) is 0 Å². The number of benzene rings is 1. The van der Waals surface area contributed by atoms with Gasteiger partial charge in [-0.15, -0.1) is 0 Å². The van der Waals surface area contributed by atoms with Gasteiger partial charge in [-0.25, -0.2) is 0 Å². The molecule has 0 spiro atoms. The first kappa shape index (κ1) is 19.0. The van der Waals surface area contributed by atoms with Gasteiger partial charge in [-0.2, -0.15) is 0 Å². The highest BCUT2D eigenvalue weighted by molar-refractivity contribution is 6.31. The summed E-state index contributed by atoms with van der Waals surface area (Å²) in [4.78, 5) is 37.5. The van der Waals surface area contributed by atoms with Gasteiger partial charge in [0.05, 0.1) is 32.9 Å². The van der Waals surface area contributed by atoms with Gasteiger partial charge in [0.25, 0.3) is 0 Å². The van der Waals surface area contributed by atoms with E-state index in [4.69, 9.17) is 16.3 Å². The number of nitrogens with one attached hydrogen (secondary N) is 2. The molecular formula is C16H20ClN3O5. The predicted octanol–water partition coefficient (Wildman–Crippen LogP) is 0.651. The number of carbonyl (C=O) groups is 3. The van der Waals surface area contributed by atoms with Crippen LogP contribution in [0.3, 0.4) is 0 Å². The second kappa shape index (κ2) is 8.68. The molecule has 1 heterocycles. The Labute approximate surface area is 150 Å². The maximum atomic E-state index is 12.4. The zero-order valence-corrected chi connectivity index (χ0v) is 14.8. The van der Waals surface area contributed by atoms with E-state index >= 15 is 0 Å². The normalized spacial score (nSPS) is 17.6. The van der Waals surface area contributed by atoms with Gasteiger partial charge in [0.2, 0.25) is 11.8 Å². The Morgan fingerprint density at radius 2 is 2.16 bits per heavy atom. The van der Waals surface area contributed by atoms with Gasteiger partial charge < -0.3 is 20.1 Å². The van der Waals surface area contributed by atoms with Gasteiger partial charge in [0.1, 0.15) is 11.8 Å². The van der Waals surface area contributed by atoms with Crippen molar-refractivity contribution in [3.8, 4) is 5.75 Å². The number of ether oxygens (including phenoxy) is 2. The number of anilines is 1. The first-order valence-electron chi connectivity index (χ1n) is 7.66. The third kappa shape index (κ3) is 5.07. The largest absolute Gasteiger partial charge is 0.495 e. The summed E-state index contributed by atoms with van der Waals surface area (Å²) in [5.41, 5.74) is 0.436. The molecule has 2 amide bonds. The number of piperazine rings is 1. The van der Waals surface area contributed by atoms with E-state index in [1.165, 1.54) is 14.2 Å². The van der Waals surface area contributed by atoms with Crippen LogP contribution < -0.4 is 15.4 Å². The van der Waals surface area contributed by atoms with Gasteiger partial charge in [0, 0.05) is 18.1 Å². The Bertz CT molecular complexity index is 667. The van der Waals surface area contributed by atoms with Gasteiger partial charge in [0.15, 0.2) is 0 Å². The van der Waals surface area contributed by atoms with E-state index in [0.29, 0.717) is 29.5 Å². The minimum Gasteiger partial charge on any atom is -0.495 e. The van der Waals surface area contributed by atoms with Crippen LogP contribution >= 0.6 is 11.6 Å². The number of nitrogens with zero attached hydrogens (tertiary/aromatic N) is 1. The fourth-order valence-corrected chi connectivity index (χ4v) is 2.74. The molecule has 1 aromatic carbocycles. The summed E-state index contributed by atoms with van der Waals surface area (Å²) in [6.45, 7) is 0.808. The smallest absolute Gasteiger partial charge is 0.307 e. The van der Waals surface area contributed by atoms with Crippen molar-refractivity contribution in [2.24, 2.45) is 0 Å². The van der Waals surface area contributed by atoms with Crippen LogP contribution in [0.25, 0.3) is 0 Å². The maximum Gasteiger partial charge on any atom is 0.307 e. The monoisotopic (exact) mass is 369 g/mol. The predicted molar refractivity (Wildman–Crippen MR) is 91.6 cm³/mol. The number of esters is 1. The molecular weight excluding hydrogens is 350 g/mol. The van der Waals surface area contributed by atoms with Crippen molar-refractivity contribution in [3.05, 3.63) is 23.2 Å². The van der Waals surface area contributed by atoms with E-state index in [1.807, 2.05) is 0 Å². The molecule has 0 aromatic heterocycles. The van der Waals surface area contributed by atoms with Crippen LogP contribution in [0.5, 0.6) is 5.75 Å². The minimum atomic E-state index is -0.742. The molecule has 9 heteroatoms. The van der Waals surface area contributed by atoms with E-state index in [9.17, 15) is 14.4 Å². The molecule has 2 rings (SSSR count). The molecule has 8 nitrogen and oxygen atoms in total. The molecule has 2 N–H and O–H groups in total. The maximum absolute atomic E-state index is 12.4. The molecule has 1 aliphatic heterocycles. The van der Waals surface area contributed by atoms with Crippen LogP contribution in [0.1, 0.15) is 6.42 Å². The summed E-state index contributed by atoms with van der Waals surface area (Å²) in [5, 5.41) is 5.85. The fraction of sp³-hybridized carbons (Fsp3) is 0.438. The Morgan fingerprint density at radius 1 is 1.40 bits per heavy atom. The molecule has 0 saturated carbocycles. The zero-order chi connectivity index (χ0) is 18.4. The van der Waals surface area contributed by atoms with Crippen LogP contribution in [0.2, 0.25) is 5.02 Å². The summed E-state index contributed by atoms with van der Waals surface area (Å²) >= 11 is 5.94. The Morgan fingerprint density at radius 3 is 2.84 bits per heavy atom. The van der Waals surface area contributed by atoms with Crippen LogP contribution in [-0.4, -0.2) is 62.6 Å². The first-order chi connectivity index (χ1) is 11.9. The van der Waals surface area contributed by atoms with E-state index in [-0.39, 0.29) is 24.8 Å². The minimum absolute atomic E-state index is 0.0508. The van der Waals surface area contributed by atoms with Crippen molar-refractivity contribution in [1.82, 2.24) is 10.2 Å². The average molecular weight is 370 g/mol. The molecule has 25 heavy (non-hydrogen) atoms. The number of methoxy groups -OCH3 is 2. The quantitative estimate of drug-likeness (QED) is 0.715. The highest BCUT2D eigenvalue weighted by Crippen LogP contribution is 2.27. The Hall–Kier alpha value is -2.32. The lowest BCUT2D eigenvalue weighted by Gasteiger charge is -2.33. The van der Waals surface area contributed by atoms with Crippen molar-refractivity contribution in [1.29, 1.82) is 0 Å². The molecule has 1 fully saturated rings. The summed E-state index contributed by atoms with van der Waals surface area (Å²) < 4.78 is 9.80. The standard InChI is InChI=1S/C16H20ClN3O5/c1-24-13-4-3-10(17)7-11(13)19-14(21)9-20-6-5-18-16(23)12(20)8-15(22)25-2/h3-4,7,12H,5-6,8-9H2,1-2H3,(H,18,23)(H,19,21)/t12-/m1/s1. The molecule has 0 radical (unpaired) electrons. The molecule has 1 aromatic rings. The number of hydrogen-bond acceptors (Lipinski definition) is 6. The Balaban J connectivity index is 2.06. The van der Waals surface area contributed by atoms with Gasteiger partial charge in [-0.05, 0) is 18.2 Å². The SMILES string of the molecule is COC(=O)C[C@@H]1C(=O)NCCN1CC(=O)Nc1cc(Cl)ccc1OC. The van der Waals surface area contributed by atoms with Crippen molar-refractivity contribution in [2.75, 3.05) is 39.2 Å². The van der Waals surface area contributed by atoms with E-state index < -0.39 is 12.0 Å². The average Bonchev–Trinajstić information content (AvgIpc) is 2.58. The third-order valence-electron chi connectivity index (χ3n) is 3.81. The van der Waals surface area contributed by atoms with Crippen molar-refractivity contribution in [2.45, 2.75) is 12.5 Å². The molecule has 0 aliphatic carbocycles. The van der Waals surface area contributed by atoms with Crippen LogP contribution in [0.15, 0.2) is 18.2 Å². The van der Waals surface area contributed by atoms with Gasteiger partial charge in [-0.3, -0.25) is 19.3 Å². The molecule has 1 aliphatic rings. The molecule has 1 saturated heterocycles. The summed E-state index contributed by atoms with van der Waals surface area (Å²) in [6.07, 6.45) is -0.115. The summed E-state index contributed by atoms with van der Waals surface area (Å²) in [5.74, 6) is -0.681. The molecule has 0 unspecified atom stereocenters. The highest BCUT2D eigenvalue weighted by Gasteiger charge is 2.33. The fourth-order valence-electron chi connectivity index (χ4n) is 2.57. The topological polar surface area (TPSA) is 97.0 Å². The number of hydrogen-bond donors (Lipinski definition) is 2. The van der Waals surface area contributed by atoms with Crippen LogP contribution in [0.4, 0.5) is 5.69 Å². The van der Waals surface area contributed by atoms with E-state index in [0.717, 1.165) is 0 Å². The van der Waals surface area contributed by atoms with E-state index in [2.05, 4.69) is 15.4 Å². The number of rotatable bonds is 6. The highest BCUT2D eigenvalue weighted by atomic mass is 35.5. The number of halogens is 1. The molecule has 136 valence electrons. The Kier molecular flexibility index (Phi) is 6.60. The lowest BCUT2D eigenvalue weighted by atomic mass is 10.1. The lowest BCUT2D eigenvalue weighted by molar-refractivity contribution is -0.146. The van der Waals surface area contributed by atoms with E-state index in [1.54, 1.807) is 23.1 Å². The number of amides is 2. The summed E-state index contributed by atoms with van der Waals surface area (Å²) in [7, 11) is 2.74. The molecule has 1 atom stereocenters. The molecule has 0 bridgehead atoms. The van der Waals surface area contributed by atoms with Crippen LogP contribution in [-0.2, 0) is 19.1 Å². The van der Waals surface area contributed by atoms with Crippen molar-refractivity contribution < 1.29 is 23.9 Å². The number of carbonyl (C=O) groups excluding carboxylic acids is 3. The first-order valence-corrected chi connectivity index (χ1v) is 8.04. The van der Waals surface area contributed by atoms with Gasteiger partial charge in [-0.1, -0.05) is 11.6 Å². The van der Waals surface area contributed by atoms with Gasteiger partial charge >= 0.3 is 5.97 Å². The third-order valence-corrected chi connectivity index (χ3v) is 4.05. The zero-order valence-electron chi connectivity index (χ0n) is 14.0. The van der Waals surface area contributed by atoms with Crippen molar-refractivity contribution >= 4 is 35.1 Å². The van der Waals surface area contributed by atoms with Crippen LogP contribution in [0, 0.1) is 0 Å². The second-order valence-corrected chi connectivity index (χ2v) is 5.89. The lowest BCUT2D eigenvalue weighted by Crippen LogP contribution is -2.57. The summed E-state index contributed by atoms with van der Waals surface area (Å²) in [6, 6.07) is 4.13. The second-order valence-electron chi connectivity index (χ2n) is 5.45.